The third-order valence-corrected chi connectivity index (χ3v) is 4.75. The fraction of sp³-hybridized carbons (Fsp3) is 0.364. The van der Waals surface area contributed by atoms with E-state index in [1.807, 2.05) is 55.5 Å². The Bertz CT molecular complexity index is 816. The highest BCUT2D eigenvalue weighted by molar-refractivity contribution is 5.99. The van der Waals surface area contributed by atoms with Crippen LogP contribution in [0.1, 0.15) is 32.3 Å². The van der Waals surface area contributed by atoms with E-state index in [1.54, 1.807) is 9.80 Å². The molecule has 1 heterocycles. The molecule has 3 amide bonds. The Morgan fingerprint density at radius 3 is 2.36 bits per heavy atom. The fourth-order valence-corrected chi connectivity index (χ4v) is 3.18. The average molecular weight is 381 g/mol. The van der Waals surface area contributed by atoms with Crippen molar-refractivity contribution in [1.29, 1.82) is 0 Å². The van der Waals surface area contributed by atoms with Crippen LogP contribution in [0.3, 0.4) is 0 Å². The van der Waals surface area contributed by atoms with E-state index >= 15 is 0 Å². The van der Waals surface area contributed by atoms with Crippen molar-refractivity contribution < 1.29 is 14.3 Å². The van der Waals surface area contributed by atoms with Crippen LogP contribution in [0.5, 0.6) is 5.75 Å². The summed E-state index contributed by atoms with van der Waals surface area (Å²) in [5, 5.41) is 2.86. The molecule has 0 saturated carbocycles. The summed E-state index contributed by atoms with van der Waals surface area (Å²) in [6.45, 7) is 7.91. The molecule has 0 aromatic heterocycles. The first kappa shape index (κ1) is 19.7. The van der Waals surface area contributed by atoms with Crippen LogP contribution in [-0.4, -0.2) is 43.1 Å². The molecule has 1 aliphatic heterocycles. The van der Waals surface area contributed by atoms with Crippen molar-refractivity contribution in [3.63, 3.8) is 0 Å². The number of hydrogen-bond donors (Lipinski definition) is 1. The van der Waals surface area contributed by atoms with E-state index in [0.717, 1.165) is 17.1 Å². The quantitative estimate of drug-likeness (QED) is 0.786. The molecule has 2 aromatic carbocycles. The Morgan fingerprint density at radius 1 is 1.07 bits per heavy atom. The lowest BCUT2D eigenvalue weighted by Gasteiger charge is -2.19. The molecule has 1 aliphatic rings. The van der Waals surface area contributed by atoms with Gasteiger partial charge < -0.3 is 15.0 Å². The van der Waals surface area contributed by atoms with E-state index in [-0.39, 0.29) is 18.5 Å². The number of carbonyl (C=O) groups is 2. The largest absolute Gasteiger partial charge is 0.494 e. The van der Waals surface area contributed by atoms with Crippen molar-refractivity contribution in [2.75, 3.05) is 36.5 Å². The van der Waals surface area contributed by atoms with E-state index in [9.17, 15) is 9.59 Å². The summed E-state index contributed by atoms with van der Waals surface area (Å²) in [5.74, 6) is 1.03. The normalized spacial score (nSPS) is 13.9. The highest BCUT2D eigenvalue weighted by Crippen LogP contribution is 2.23. The van der Waals surface area contributed by atoms with E-state index < -0.39 is 0 Å². The number of benzene rings is 2. The van der Waals surface area contributed by atoms with Gasteiger partial charge in [0.15, 0.2) is 0 Å². The Balaban J connectivity index is 1.56. The molecule has 0 atom stereocenters. The second-order valence-corrected chi connectivity index (χ2v) is 7.11. The van der Waals surface area contributed by atoms with Gasteiger partial charge in [-0.1, -0.05) is 26.0 Å². The predicted octanol–water partition coefficient (Wildman–Crippen LogP) is 4.09. The maximum Gasteiger partial charge on any atom is 0.325 e. The summed E-state index contributed by atoms with van der Waals surface area (Å²) < 4.78 is 5.43. The summed E-state index contributed by atoms with van der Waals surface area (Å²) in [6, 6.07) is 15.1. The number of rotatable bonds is 7. The van der Waals surface area contributed by atoms with E-state index in [4.69, 9.17) is 4.74 Å². The molecular weight excluding hydrogens is 354 g/mol. The SMILES string of the molecule is CCOc1ccc(N2CCN(CC(=O)Nc3ccc(C(C)C)cc3)C2=O)cc1. The van der Waals surface area contributed by atoms with E-state index in [2.05, 4.69) is 19.2 Å². The second-order valence-electron chi connectivity index (χ2n) is 7.11. The number of nitrogens with zero attached hydrogens (tertiary/aromatic N) is 2. The van der Waals surface area contributed by atoms with Gasteiger partial charge >= 0.3 is 6.03 Å². The first-order chi connectivity index (χ1) is 13.5. The monoisotopic (exact) mass is 381 g/mol. The van der Waals surface area contributed by atoms with Crippen LogP contribution in [0.25, 0.3) is 0 Å². The number of carbonyl (C=O) groups excluding carboxylic acids is 2. The van der Waals surface area contributed by atoms with Crippen molar-refractivity contribution in [1.82, 2.24) is 4.90 Å². The number of amides is 3. The van der Waals surface area contributed by atoms with E-state index in [0.29, 0.717) is 25.6 Å². The second kappa shape index (κ2) is 8.78. The standard InChI is InChI=1S/C22H27N3O3/c1-4-28-20-11-9-19(10-12-20)25-14-13-24(22(25)27)15-21(26)23-18-7-5-17(6-8-18)16(2)3/h5-12,16H,4,13-15H2,1-3H3,(H,23,26). The molecule has 1 fully saturated rings. The van der Waals surface area contributed by atoms with Crippen LogP contribution >= 0.6 is 0 Å². The lowest BCUT2D eigenvalue weighted by molar-refractivity contribution is -0.116. The molecule has 0 unspecified atom stereocenters. The number of ether oxygens (including phenoxy) is 1. The molecule has 1 saturated heterocycles. The Labute approximate surface area is 166 Å². The third-order valence-electron chi connectivity index (χ3n) is 4.75. The molecule has 6 heteroatoms. The molecule has 148 valence electrons. The first-order valence-electron chi connectivity index (χ1n) is 9.67. The predicted molar refractivity (Wildman–Crippen MR) is 111 cm³/mol. The summed E-state index contributed by atoms with van der Waals surface area (Å²) in [6.07, 6.45) is 0. The van der Waals surface area contributed by atoms with Gasteiger partial charge in [0.2, 0.25) is 5.91 Å². The number of urea groups is 1. The van der Waals surface area contributed by atoms with Crippen molar-refractivity contribution in [3.05, 3.63) is 54.1 Å². The van der Waals surface area contributed by atoms with Gasteiger partial charge in [-0.05, 0) is 54.8 Å². The minimum absolute atomic E-state index is 0.0400. The van der Waals surface area contributed by atoms with Crippen molar-refractivity contribution in [2.45, 2.75) is 26.7 Å². The van der Waals surface area contributed by atoms with Gasteiger partial charge in [-0.2, -0.15) is 0 Å². The van der Waals surface area contributed by atoms with Gasteiger partial charge in [0, 0.05) is 24.5 Å². The summed E-state index contributed by atoms with van der Waals surface area (Å²) in [7, 11) is 0. The van der Waals surface area contributed by atoms with Gasteiger partial charge in [0.25, 0.3) is 0 Å². The lowest BCUT2D eigenvalue weighted by Crippen LogP contribution is -2.37. The number of nitrogens with one attached hydrogen (secondary N) is 1. The summed E-state index contributed by atoms with van der Waals surface area (Å²) >= 11 is 0. The molecular formula is C22H27N3O3. The minimum Gasteiger partial charge on any atom is -0.494 e. The van der Waals surface area contributed by atoms with Crippen molar-refractivity contribution in [3.8, 4) is 5.75 Å². The highest BCUT2D eigenvalue weighted by atomic mass is 16.5. The van der Waals surface area contributed by atoms with Crippen LogP contribution in [0.15, 0.2) is 48.5 Å². The molecule has 6 nitrogen and oxygen atoms in total. The van der Waals surface area contributed by atoms with Gasteiger partial charge in [0.1, 0.15) is 12.3 Å². The van der Waals surface area contributed by atoms with Crippen LogP contribution in [0.2, 0.25) is 0 Å². The number of anilines is 2. The van der Waals surface area contributed by atoms with Crippen LogP contribution in [0.4, 0.5) is 16.2 Å². The lowest BCUT2D eigenvalue weighted by atomic mass is 10.0. The van der Waals surface area contributed by atoms with Crippen LogP contribution in [0, 0.1) is 0 Å². The zero-order valence-electron chi connectivity index (χ0n) is 16.6. The number of hydrogen-bond acceptors (Lipinski definition) is 3. The highest BCUT2D eigenvalue weighted by Gasteiger charge is 2.30. The van der Waals surface area contributed by atoms with Crippen molar-refractivity contribution in [2.24, 2.45) is 0 Å². The smallest absolute Gasteiger partial charge is 0.325 e. The van der Waals surface area contributed by atoms with Gasteiger partial charge in [0.05, 0.1) is 6.61 Å². The molecule has 3 rings (SSSR count). The molecule has 28 heavy (non-hydrogen) atoms. The molecule has 2 aromatic rings. The molecule has 0 bridgehead atoms. The fourth-order valence-electron chi connectivity index (χ4n) is 3.18. The van der Waals surface area contributed by atoms with Gasteiger partial charge in [-0.3, -0.25) is 9.69 Å². The van der Waals surface area contributed by atoms with Gasteiger partial charge in [-0.25, -0.2) is 4.79 Å². The summed E-state index contributed by atoms with van der Waals surface area (Å²) in [5.41, 5.74) is 2.77. The Kier molecular flexibility index (Phi) is 6.19. The Morgan fingerprint density at radius 2 is 1.75 bits per heavy atom. The van der Waals surface area contributed by atoms with Crippen LogP contribution < -0.4 is 15.0 Å². The molecule has 0 aliphatic carbocycles. The zero-order chi connectivity index (χ0) is 20.1. The first-order valence-corrected chi connectivity index (χ1v) is 9.67. The molecule has 1 N–H and O–H groups in total. The van der Waals surface area contributed by atoms with Gasteiger partial charge in [-0.15, -0.1) is 0 Å². The average Bonchev–Trinajstić information content (AvgIpc) is 3.03. The third kappa shape index (κ3) is 4.63. The van der Waals surface area contributed by atoms with E-state index in [1.165, 1.54) is 5.56 Å². The topological polar surface area (TPSA) is 61.9 Å². The van der Waals surface area contributed by atoms with Crippen molar-refractivity contribution >= 4 is 23.3 Å². The Hall–Kier alpha value is -3.02. The molecule has 0 radical (unpaired) electrons. The maximum atomic E-state index is 12.7. The minimum atomic E-state index is -0.195. The zero-order valence-corrected chi connectivity index (χ0v) is 16.6. The maximum absolute atomic E-state index is 12.7. The summed E-state index contributed by atoms with van der Waals surface area (Å²) in [4.78, 5) is 28.3. The molecule has 0 spiro atoms. The van der Waals surface area contributed by atoms with Crippen LogP contribution in [-0.2, 0) is 4.79 Å².